The van der Waals surface area contributed by atoms with Crippen molar-refractivity contribution in [2.75, 3.05) is 18.1 Å². The lowest BCUT2D eigenvalue weighted by atomic mass is 10.0. The van der Waals surface area contributed by atoms with E-state index in [0.717, 1.165) is 36.3 Å². The van der Waals surface area contributed by atoms with Gasteiger partial charge in [-0.15, -0.1) is 0 Å². The van der Waals surface area contributed by atoms with E-state index in [0.29, 0.717) is 6.42 Å². The molecule has 1 aromatic carbocycles. The number of anilines is 1. The molecule has 1 aromatic rings. The van der Waals surface area contributed by atoms with Crippen LogP contribution < -0.4 is 10.4 Å². The Bertz CT molecular complexity index is 555. The second kappa shape index (κ2) is 4.87. The molecule has 1 heterocycles. The van der Waals surface area contributed by atoms with E-state index < -0.39 is 10.1 Å². The van der Waals surface area contributed by atoms with Gasteiger partial charge in [0, 0.05) is 13.1 Å². The fourth-order valence-corrected chi connectivity index (χ4v) is 3.34. The molecule has 0 aromatic heterocycles. The predicted molar refractivity (Wildman–Crippen MR) is 70.4 cm³/mol. The molecule has 5 nitrogen and oxygen atoms in total. The van der Waals surface area contributed by atoms with Crippen LogP contribution in [0.25, 0.3) is 0 Å². The highest BCUT2D eigenvalue weighted by Crippen LogP contribution is 2.33. The lowest BCUT2D eigenvalue weighted by Crippen LogP contribution is -2.36. The first-order chi connectivity index (χ1) is 8.49. The average Bonchev–Trinajstić information content (AvgIpc) is 2.71. The third-order valence-electron chi connectivity index (χ3n) is 3.22. The van der Waals surface area contributed by atoms with E-state index in [1.807, 2.05) is 18.9 Å². The highest BCUT2D eigenvalue weighted by molar-refractivity contribution is 7.85. The largest absolute Gasteiger partial charge is 0.308 e. The summed E-state index contributed by atoms with van der Waals surface area (Å²) in [5, 5.41) is 2.03. The van der Waals surface area contributed by atoms with Crippen LogP contribution in [0.2, 0.25) is 0 Å². The Morgan fingerprint density at radius 1 is 1.39 bits per heavy atom. The molecule has 100 valence electrons. The third-order valence-corrected chi connectivity index (χ3v) is 4.16. The third kappa shape index (κ3) is 2.23. The molecule has 1 aliphatic heterocycles. The zero-order chi connectivity index (χ0) is 13.3. The predicted octanol–water partition coefficient (Wildman–Crippen LogP) is 1.38. The van der Waals surface area contributed by atoms with Gasteiger partial charge >= 0.3 is 0 Å². The molecule has 0 saturated heterocycles. The second-order valence-corrected chi connectivity index (χ2v) is 5.67. The fourth-order valence-electron chi connectivity index (χ4n) is 2.52. The molecule has 0 unspecified atom stereocenters. The normalized spacial score (nSPS) is 14.9. The van der Waals surface area contributed by atoms with Crippen LogP contribution in [0, 0.1) is 0 Å². The molecular weight excluding hydrogens is 252 g/mol. The number of rotatable bonds is 4. The lowest BCUT2D eigenvalue weighted by molar-refractivity contribution is 0.482. The standard InChI is InChI=1S/C12H18N2O3S/c1-3-9-10-7-8-14(13-4-2)11(10)5-6-12(9)18(15,16)17/h5-6,13H,3-4,7-8H2,1-2H3,(H,15,16,17). The van der Waals surface area contributed by atoms with Crippen LogP contribution in [0.5, 0.6) is 0 Å². The Balaban J connectivity index is 2.54. The van der Waals surface area contributed by atoms with E-state index in [4.69, 9.17) is 0 Å². The van der Waals surface area contributed by atoms with Crippen molar-refractivity contribution in [1.82, 2.24) is 5.43 Å². The number of benzene rings is 1. The summed E-state index contributed by atoms with van der Waals surface area (Å²) >= 11 is 0. The van der Waals surface area contributed by atoms with Crippen molar-refractivity contribution in [1.29, 1.82) is 0 Å². The second-order valence-electron chi connectivity index (χ2n) is 4.28. The summed E-state index contributed by atoms with van der Waals surface area (Å²) in [6, 6.07) is 3.25. The number of hydrogen-bond acceptors (Lipinski definition) is 4. The zero-order valence-corrected chi connectivity index (χ0v) is 11.4. The molecule has 0 amide bonds. The number of hydrogen-bond donors (Lipinski definition) is 2. The van der Waals surface area contributed by atoms with Crippen molar-refractivity contribution in [3.8, 4) is 0 Å². The van der Waals surface area contributed by atoms with Gasteiger partial charge in [0.05, 0.1) is 10.6 Å². The highest BCUT2D eigenvalue weighted by Gasteiger charge is 2.26. The molecular formula is C12H18N2O3S. The first kappa shape index (κ1) is 13.3. The Kier molecular flexibility index (Phi) is 3.61. The molecule has 0 radical (unpaired) electrons. The Hall–Kier alpha value is -1.11. The molecule has 0 aliphatic carbocycles. The minimum Gasteiger partial charge on any atom is -0.308 e. The van der Waals surface area contributed by atoms with E-state index >= 15 is 0 Å². The van der Waals surface area contributed by atoms with Crippen molar-refractivity contribution in [2.45, 2.75) is 31.6 Å². The maximum absolute atomic E-state index is 11.3. The van der Waals surface area contributed by atoms with Crippen LogP contribution in [0.3, 0.4) is 0 Å². The van der Waals surface area contributed by atoms with Crippen LogP contribution in [-0.2, 0) is 23.0 Å². The van der Waals surface area contributed by atoms with Crippen LogP contribution in [0.4, 0.5) is 5.69 Å². The summed E-state index contributed by atoms with van der Waals surface area (Å²) in [7, 11) is -4.14. The fraction of sp³-hybridized carbons (Fsp3) is 0.500. The number of fused-ring (bicyclic) bond motifs is 1. The summed E-state index contributed by atoms with van der Waals surface area (Å²) in [5.74, 6) is 0. The van der Waals surface area contributed by atoms with Gasteiger partial charge in [0.25, 0.3) is 10.1 Å². The lowest BCUT2D eigenvalue weighted by Gasteiger charge is -2.20. The van der Waals surface area contributed by atoms with Gasteiger partial charge in [-0.25, -0.2) is 5.43 Å². The van der Waals surface area contributed by atoms with Crippen molar-refractivity contribution >= 4 is 15.8 Å². The minimum atomic E-state index is -4.14. The number of hydrazine groups is 1. The van der Waals surface area contributed by atoms with Gasteiger partial charge in [-0.2, -0.15) is 8.42 Å². The summed E-state index contributed by atoms with van der Waals surface area (Å²) < 4.78 is 31.9. The Labute approximate surface area is 108 Å². The van der Waals surface area contributed by atoms with Crippen molar-refractivity contribution < 1.29 is 13.0 Å². The maximum Gasteiger partial charge on any atom is 0.294 e. The van der Waals surface area contributed by atoms with E-state index in [1.54, 1.807) is 6.07 Å². The summed E-state index contributed by atoms with van der Waals surface area (Å²) in [5.41, 5.74) is 6.00. The van der Waals surface area contributed by atoms with Gasteiger partial charge in [0.1, 0.15) is 0 Å². The first-order valence-electron chi connectivity index (χ1n) is 6.12. The number of nitrogens with one attached hydrogen (secondary N) is 1. The smallest absolute Gasteiger partial charge is 0.294 e. The summed E-state index contributed by atoms with van der Waals surface area (Å²) in [6.07, 6.45) is 1.40. The van der Waals surface area contributed by atoms with Gasteiger partial charge in [0.15, 0.2) is 0 Å². The SMILES string of the molecule is CCNN1CCc2c1ccc(S(=O)(=O)O)c2CC. The van der Waals surface area contributed by atoms with Crippen molar-refractivity contribution in [2.24, 2.45) is 0 Å². The van der Waals surface area contributed by atoms with Gasteiger partial charge in [0.2, 0.25) is 0 Å². The van der Waals surface area contributed by atoms with Gasteiger partial charge in [-0.05, 0) is 36.1 Å². The number of nitrogens with zero attached hydrogens (tertiary/aromatic N) is 1. The molecule has 0 bridgehead atoms. The molecule has 0 fully saturated rings. The summed E-state index contributed by atoms with van der Waals surface area (Å²) in [4.78, 5) is 0.0436. The Morgan fingerprint density at radius 3 is 2.67 bits per heavy atom. The van der Waals surface area contributed by atoms with E-state index in [-0.39, 0.29) is 4.90 Å². The van der Waals surface area contributed by atoms with Gasteiger partial charge in [-0.1, -0.05) is 13.8 Å². The molecule has 0 atom stereocenters. The van der Waals surface area contributed by atoms with Gasteiger partial charge < -0.3 is 5.01 Å². The monoisotopic (exact) mass is 270 g/mol. The molecule has 1 aliphatic rings. The van der Waals surface area contributed by atoms with Crippen molar-refractivity contribution in [3.63, 3.8) is 0 Å². The highest BCUT2D eigenvalue weighted by atomic mass is 32.2. The van der Waals surface area contributed by atoms with E-state index in [9.17, 15) is 13.0 Å². The van der Waals surface area contributed by atoms with Crippen LogP contribution in [-0.4, -0.2) is 26.1 Å². The quantitative estimate of drug-likeness (QED) is 0.809. The first-order valence-corrected chi connectivity index (χ1v) is 7.56. The Morgan fingerprint density at radius 2 is 2.11 bits per heavy atom. The average molecular weight is 270 g/mol. The molecule has 2 N–H and O–H groups in total. The van der Waals surface area contributed by atoms with E-state index in [2.05, 4.69) is 5.43 Å². The molecule has 6 heteroatoms. The minimum absolute atomic E-state index is 0.0436. The topological polar surface area (TPSA) is 69.6 Å². The van der Waals surface area contributed by atoms with Gasteiger partial charge in [-0.3, -0.25) is 4.55 Å². The van der Waals surface area contributed by atoms with Crippen LogP contribution in [0.1, 0.15) is 25.0 Å². The van der Waals surface area contributed by atoms with Crippen molar-refractivity contribution in [3.05, 3.63) is 23.3 Å². The molecule has 0 saturated carbocycles. The van der Waals surface area contributed by atoms with E-state index in [1.165, 1.54) is 6.07 Å². The molecule has 0 spiro atoms. The molecule has 18 heavy (non-hydrogen) atoms. The zero-order valence-electron chi connectivity index (χ0n) is 10.6. The van der Waals surface area contributed by atoms with Crippen LogP contribution >= 0.6 is 0 Å². The summed E-state index contributed by atoms with van der Waals surface area (Å²) in [6.45, 7) is 5.57. The molecule has 2 rings (SSSR count). The van der Waals surface area contributed by atoms with Crippen LogP contribution in [0.15, 0.2) is 17.0 Å². The maximum atomic E-state index is 11.3.